The van der Waals surface area contributed by atoms with Crippen molar-refractivity contribution in [1.82, 2.24) is 4.90 Å². The second-order valence-electron chi connectivity index (χ2n) is 11.4. The average molecular weight is 560 g/mol. The summed E-state index contributed by atoms with van der Waals surface area (Å²) in [7, 11) is 8.98. The third-order valence-electron chi connectivity index (χ3n) is 5.83. The summed E-state index contributed by atoms with van der Waals surface area (Å²) in [6.07, 6.45) is 19.7. The number of nitrogens with zero attached hydrogens (tertiary/aromatic N) is 2. The zero-order valence-electron chi connectivity index (χ0n) is 26.1. The fourth-order valence-corrected chi connectivity index (χ4v) is 3.65. The predicted octanol–water partition coefficient (Wildman–Crippen LogP) is 3.72. The van der Waals surface area contributed by atoms with Gasteiger partial charge in [-0.05, 0) is 52.6 Å². The van der Waals surface area contributed by atoms with Gasteiger partial charge in [0.25, 0.3) is 0 Å². The molecule has 0 aromatic heterocycles. The highest BCUT2D eigenvalue weighted by Crippen LogP contribution is 2.10. The SMILES string of the molecule is CCCC(C(=O)O)N(C)C.CCCCCC[C@@H](O)C/C=C\CCCCCCCC(N)=O.C[N+](C)(C)CC(=O)[O-]. The van der Waals surface area contributed by atoms with E-state index in [1.54, 1.807) is 40.1 Å². The summed E-state index contributed by atoms with van der Waals surface area (Å²) in [5, 5.41) is 28.3. The second kappa shape index (κ2) is 27.6. The van der Waals surface area contributed by atoms with Crippen molar-refractivity contribution in [3.63, 3.8) is 0 Å². The van der Waals surface area contributed by atoms with Gasteiger partial charge in [0.05, 0.1) is 33.2 Å². The van der Waals surface area contributed by atoms with E-state index in [2.05, 4.69) is 19.1 Å². The van der Waals surface area contributed by atoms with E-state index < -0.39 is 11.9 Å². The molecule has 9 heteroatoms. The van der Waals surface area contributed by atoms with Crippen molar-refractivity contribution in [1.29, 1.82) is 0 Å². The number of aliphatic hydroxyl groups is 1. The number of carboxylic acids is 2. The Bertz CT molecular complexity index is 633. The molecule has 0 aliphatic heterocycles. The number of allylic oxidation sites excluding steroid dienone is 1. The number of primary amides is 1. The summed E-state index contributed by atoms with van der Waals surface area (Å²) < 4.78 is 0.419. The number of carboxylic acid groups (broad SMARTS) is 2. The highest BCUT2D eigenvalue weighted by atomic mass is 16.4. The number of nitrogens with two attached hydrogens (primary N) is 1. The molecule has 1 unspecified atom stereocenters. The number of aliphatic carboxylic acids is 2. The van der Waals surface area contributed by atoms with Crippen LogP contribution in [0.15, 0.2) is 12.2 Å². The number of rotatable bonds is 21. The van der Waals surface area contributed by atoms with Crippen LogP contribution >= 0.6 is 0 Å². The topological polar surface area (TPSA) is 144 Å². The van der Waals surface area contributed by atoms with Crippen molar-refractivity contribution in [2.75, 3.05) is 41.8 Å². The smallest absolute Gasteiger partial charge is 0.320 e. The van der Waals surface area contributed by atoms with Crippen molar-refractivity contribution in [3.8, 4) is 0 Å². The maximum atomic E-state index is 10.6. The van der Waals surface area contributed by atoms with Gasteiger partial charge in [-0.3, -0.25) is 14.5 Å². The fraction of sp³-hybridized carbons (Fsp3) is 0.833. The second-order valence-corrected chi connectivity index (χ2v) is 11.4. The molecule has 0 spiro atoms. The van der Waals surface area contributed by atoms with E-state index in [9.17, 15) is 24.6 Å². The minimum atomic E-state index is -1.00. The highest BCUT2D eigenvalue weighted by molar-refractivity contribution is 5.73. The summed E-state index contributed by atoms with van der Waals surface area (Å²) in [6.45, 7) is 4.26. The standard InChI is InChI=1S/C18H35NO2.C7H15NO2.C5H11NO2/c1-2-3-4-11-14-17(20)15-12-9-7-5-6-8-10-13-16-18(19)21;1-4-5-6(7(9)10)8(2)3;1-6(2,3)4-5(7)8/h9,12,17,20H,2-8,10-11,13-16H2,1H3,(H2,19,21);6H,4-5H2,1-3H3,(H,9,10);4H2,1-3H3/b12-9-;;/t17-;;/m1../s1. The van der Waals surface area contributed by atoms with Crippen LogP contribution in [0.4, 0.5) is 0 Å². The first-order valence-corrected chi connectivity index (χ1v) is 14.7. The van der Waals surface area contributed by atoms with Crippen molar-refractivity contribution >= 4 is 17.8 Å². The van der Waals surface area contributed by atoms with Crippen LogP contribution in [0.25, 0.3) is 0 Å². The Morgan fingerprint density at radius 1 is 0.872 bits per heavy atom. The molecule has 0 bridgehead atoms. The Morgan fingerprint density at radius 3 is 1.85 bits per heavy atom. The lowest BCUT2D eigenvalue weighted by Gasteiger charge is -2.23. The fourth-order valence-electron chi connectivity index (χ4n) is 3.65. The summed E-state index contributed by atoms with van der Waals surface area (Å²) >= 11 is 0. The van der Waals surface area contributed by atoms with Gasteiger partial charge in [0.1, 0.15) is 12.6 Å². The van der Waals surface area contributed by atoms with Crippen LogP contribution in [0.3, 0.4) is 0 Å². The number of likely N-dealkylation sites (N-methyl/N-ethyl adjacent to an activating group) is 2. The number of aliphatic hydroxyl groups excluding tert-OH is 1. The third kappa shape index (κ3) is 38.2. The van der Waals surface area contributed by atoms with E-state index in [0.29, 0.717) is 10.9 Å². The summed E-state index contributed by atoms with van der Waals surface area (Å²) in [6, 6.07) is -0.315. The molecule has 232 valence electrons. The summed E-state index contributed by atoms with van der Waals surface area (Å²) in [5.41, 5.74) is 5.09. The van der Waals surface area contributed by atoms with Gasteiger partial charge in [0.2, 0.25) is 5.91 Å². The molecular weight excluding hydrogens is 498 g/mol. The number of hydrogen-bond donors (Lipinski definition) is 3. The molecule has 9 nitrogen and oxygen atoms in total. The molecule has 39 heavy (non-hydrogen) atoms. The Hall–Kier alpha value is -1.97. The molecule has 0 rings (SSSR count). The van der Waals surface area contributed by atoms with Crippen LogP contribution < -0.4 is 10.8 Å². The Balaban J connectivity index is -0.000000593. The zero-order valence-corrected chi connectivity index (χ0v) is 26.1. The number of quaternary nitrogens is 1. The first-order chi connectivity index (χ1) is 18.2. The van der Waals surface area contributed by atoms with Crippen LogP contribution in [0.1, 0.15) is 110 Å². The largest absolute Gasteiger partial charge is 0.544 e. The van der Waals surface area contributed by atoms with E-state index in [1.165, 1.54) is 38.5 Å². The normalized spacial score (nSPS) is 12.7. The van der Waals surface area contributed by atoms with Crippen LogP contribution in [0, 0.1) is 0 Å². The quantitative estimate of drug-likeness (QED) is 0.110. The van der Waals surface area contributed by atoms with Crippen LogP contribution in [-0.2, 0) is 14.4 Å². The van der Waals surface area contributed by atoms with E-state index >= 15 is 0 Å². The minimum absolute atomic E-state index is 0.0694. The molecule has 4 N–H and O–H groups in total. The van der Waals surface area contributed by atoms with E-state index in [-0.39, 0.29) is 24.6 Å². The van der Waals surface area contributed by atoms with Gasteiger partial charge in [-0.15, -0.1) is 0 Å². The third-order valence-corrected chi connectivity index (χ3v) is 5.83. The van der Waals surface area contributed by atoms with Gasteiger partial charge >= 0.3 is 5.97 Å². The molecule has 0 heterocycles. The Kier molecular flexibility index (Phi) is 29.4. The molecule has 0 aliphatic rings. The van der Waals surface area contributed by atoms with E-state index in [4.69, 9.17) is 10.8 Å². The molecule has 2 atom stereocenters. The van der Waals surface area contributed by atoms with Gasteiger partial charge in [-0.2, -0.15) is 0 Å². The zero-order chi connectivity index (χ0) is 30.7. The number of unbranched alkanes of at least 4 members (excludes halogenated alkanes) is 8. The molecule has 0 aromatic rings. The lowest BCUT2D eigenvalue weighted by Crippen LogP contribution is -2.45. The van der Waals surface area contributed by atoms with Crippen molar-refractivity contribution in [2.24, 2.45) is 5.73 Å². The van der Waals surface area contributed by atoms with Crippen LogP contribution in [0.2, 0.25) is 0 Å². The number of carbonyl (C=O) groups is 3. The summed E-state index contributed by atoms with van der Waals surface area (Å²) in [4.78, 5) is 32.7. The van der Waals surface area contributed by atoms with Gasteiger partial charge in [-0.25, -0.2) is 0 Å². The van der Waals surface area contributed by atoms with Crippen LogP contribution in [0.5, 0.6) is 0 Å². The Morgan fingerprint density at radius 2 is 1.44 bits per heavy atom. The maximum Gasteiger partial charge on any atom is 0.320 e. The first kappa shape index (κ1) is 41.5. The molecule has 1 amide bonds. The van der Waals surface area contributed by atoms with Gasteiger partial charge < -0.3 is 30.3 Å². The van der Waals surface area contributed by atoms with E-state index in [0.717, 1.165) is 51.4 Å². The lowest BCUT2D eigenvalue weighted by molar-refractivity contribution is -0.864. The van der Waals surface area contributed by atoms with Gasteiger partial charge in [0.15, 0.2) is 0 Å². The average Bonchev–Trinajstić information content (AvgIpc) is 2.80. The molecular formula is C30H61N3O6. The summed E-state index contributed by atoms with van der Waals surface area (Å²) in [5.74, 6) is -1.92. The molecule has 0 fully saturated rings. The molecule has 0 saturated carbocycles. The monoisotopic (exact) mass is 559 g/mol. The maximum absolute atomic E-state index is 10.6. The van der Waals surface area contributed by atoms with Gasteiger partial charge in [0, 0.05) is 6.42 Å². The number of hydrogen-bond acceptors (Lipinski definition) is 6. The first-order valence-electron chi connectivity index (χ1n) is 14.7. The number of amides is 1. The highest BCUT2D eigenvalue weighted by Gasteiger charge is 2.17. The van der Waals surface area contributed by atoms with Crippen molar-refractivity contribution in [3.05, 3.63) is 12.2 Å². The van der Waals surface area contributed by atoms with Crippen molar-refractivity contribution < 1.29 is 34.2 Å². The Labute approximate surface area is 239 Å². The van der Waals surface area contributed by atoms with Gasteiger partial charge in [-0.1, -0.05) is 77.4 Å². The number of carbonyl (C=O) groups excluding carboxylic acids is 2. The van der Waals surface area contributed by atoms with Crippen LogP contribution in [-0.4, -0.2) is 91.4 Å². The molecule has 0 radical (unpaired) electrons. The van der Waals surface area contributed by atoms with Crippen molar-refractivity contribution in [2.45, 2.75) is 122 Å². The van der Waals surface area contributed by atoms with E-state index in [1.807, 2.05) is 6.92 Å². The minimum Gasteiger partial charge on any atom is -0.544 e. The molecule has 0 aliphatic carbocycles. The predicted molar refractivity (Wildman–Crippen MR) is 158 cm³/mol. The molecule has 0 saturated heterocycles. The lowest BCUT2D eigenvalue weighted by atomic mass is 10.1. The molecule has 0 aromatic carbocycles.